The van der Waals surface area contributed by atoms with Crippen LogP contribution in [0.15, 0.2) is 211 Å². The molecule has 302 valence electrons. The molecule has 65 heavy (non-hydrogen) atoms. The number of hydrogen-bond acceptors (Lipinski definition) is 5. The maximum atomic E-state index is 6.22. The van der Waals surface area contributed by atoms with Crippen molar-refractivity contribution in [2.24, 2.45) is 0 Å². The van der Waals surface area contributed by atoms with Gasteiger partial charge in [0.2, 0.25) is 0 Å². The first-order valence-corrected chi connectivity index (χ1v) is 22.7. The topological polar surface area (TPSA) is 56.7 Å². The lowest BCUT2D eigenvalue weighted by molar-refractivity contribution is 0.669. The van der Waals surface area contributed by atoms with Crippen LogP contribution in [0.2, 0.25) is 0 Å². The smallest absolute Gasteiger partial charge is 0.164 e. The van der Waals surface area contributed by atoms with Crippen LogP contribution < -0.4 is 0 Å². The minimum Gasteiger partial charge on any atom is -0.456 e. The van der Waals surface area contributed by atoms with Crippen LogP contribution >= 0.6 is 11.3 Å². The first-order chi connectivity index (χ1) is 32.2. The van der Waals surface area contributed by atoms with Crippen LogP contribution in [0, 0.1) is 0 Å². The summed E-state index contributed by atoms with van der Waals surface area (Å²) in [5.41, 5.74) is 10.0. The lowest BCUT2D eigenvalue weighted by Crippen LogP contribution is -2.02. The summed E-state index contributed by atoms with van der Waals surface area (Å²) in [6.45, 7) is 0. The second-order valence-corrected chi connectivity index (χ2v) is 17.8. The number of aromatic nitrogens is 4. The van der Waals surface area contributed by atoms with Crippen molar-refractivity contribution in [2.45, 2.75) is 0 Å². The molecule has 0 saturated carbocycles. The van der Waals surface area contributed by atoms with E-state index in [9.17, 15) is 0 Å². The van der Waals surface area contributed by atoms with Gasteiger partial charge in [0.25, 0.3) is 0 Å². The molecule has 0 fully saturated rings. The fourth-order valence-corrected chi connectivity index (χ4v) is 11.3. The third-order valence-electron chi connectivity index (χ3n) is 13.0. The van der Waals surface area contributed by atoms with E-state index in [1.807, 2.05) is 59.9 Å². The average molecular weight is 847 g/mol. The Hall–Kier alpha value is -8.45. The Morgan fingerprint density at radius 1 is 0.369 bits per heavy atom. The summed E-state index contributed by atoms with van der Waals surface area (Å²) in [5.74, 6) is 1.81. The first kappa shape index (κ1) is 36.1. The number of benzene rings is 10. The third-order valence-corrected chi connectivity index (χ3v) is 14.2. The quantitative estimate of drug-likeness (QED) is 0.173. The average Bonchev–Trinajstić information content (AvgIpc) is 4.05. The fourth-order valence-electron chi connectivity index (χ4n) is 9.99. The van der Waals surface area contributed by atoms with Gasteiger partial charge in [0.15, 0.2) is 17.5 Å². The molecular weight excluding hydrogens is 813 g/mol. The Bertz CT molecular complexity index is 4260. The lowest BCUT2D eigenvalue weighted by atomic mass is 9.95. The number of rotatable bonds is 5. The Balaban J connectivity index is 1.06. The molecule has 6 heteroatoms. The third kappa shape index (κ3) is 5.61. The molecule has 0 N–H and O–H groups in total. The van der Waals surface area contributed by atoms with Crippen molar-refractivity contribution in [3.8, 4) is 51.0 Å². The van der Waals surface area contributed by atoms with Crippen LogP contribution in [0.4, 0.5) is 0 Å². The largest absolute Gasteiger partial charge is 0.456 e. The van der Waals surface area contributed by atoms with E-state index < -0.39 is 0 Å². The molecule has 14 aromatic rings. The number of hydrogen-bond donors (Lipinski definition) is 0. The molecule has 0 amide bonds. The van der Waals surface area contributed by atoms with Gasteiger partial charge in [-0.05, 0) is 93.8 Å². The standard InChI is InChI=1S/C59H34N4OS/c1-2-14-36(15-3-1)57-60-58(62-59(61-57)40-27-30-53-48(33-40)43-20-9-11-23-52(43)64-53)39-26-29-50(63-49-22-10-8-19-42(49)46-31-37-16-4-5-17-38(37)34-51(46)63)47(32-39)44-21-12-24-54-55(44)45-28-25-35-13-6-7-18-41(35)56(45)65-54/h1-34H. The van der Waals surface area contributed by atoms with Crippen molar-refractivity contribution in [1.82, 2.24) is 19.5 Å². The number of nitrogens with zero attached hydrogens (tertiary/aromatic N) is 4. The zero-order valence-electron chi connectivity index (χ0n) is 34.7. The predicted octanol–water partition coefficient (Wildman–Crippen LogP) is 16.2. The fraction of sp³-hybridized carbons (Fsp3) is 0. The van der Waals surface area contributed by atoms with Crippen LogP contribution in [-0.2, 0) is 0 Å². The molecule has 0 radical (unpaired) electrons. The van der Waals surface area contributed by atoms with Gasteiger partial charge in [-0.15, -0.1) is 11.3 Å². The maximum absolute atomic E-state index is 6.22. The molecule has 0 aliphatic rings. The van der Waals surface area contributed by atoms with E-state index in [1.165, 1.54) is 52.5 Å². The normalized spacial score (nSPS) is 12.0. The molecule has 10 aromatic carbocycles. The van der Waals surface area contributed by atoms with Crippen LogP contribution in [-0.4, -0.2) is 19.5 Å². The number of thiophene rings is 1. The van der Waals surface area contributed by atoms with Crippen molar-refractivity contribution in [2.75, 3.05) is 0 Å². The molecule has 4 heterocycles. The number of furan rings is 1. The van der Waals surface area contributed by atoms with E-state index in [0.29, 0.717) is 17.5 Å². The SMILES string of the molecule is c1ccc(-c2nc(-c3ccc(-n4c5ccccc5c5cc6ccccc6cc54)c(-c4cccc5sc6c7ccccc7ccc6c45)c3)nc(-c3ccc4oc5ccccc5c4c3)n2)cc1. The highest BCUT2D eigenvalue weighted by molar-refractivity contribution is 7.26. The van der Waals surface area contributed by atoms with Crippen molar-refractivity contribution >= 4 is 96.8 Å². The van der Waals surface area contributed by atoms with E-state index >= 15 is 0 Å². The van der Waals surface area contributed by atoms with Crippen molar-refractivity contribution in [3.63, 3.8) is 0 Å². The van der Waals surface area contributed by atoms with Crippen LogP contribution in [0.5, 0.6) is 0 Å². The Kier molecular flexibility index (Phi) is 7.79. The lowest BCUT2D eigenvalue weighted by Gasteiger charge is -2.17. The highest BCUT2D eigenvalue weighted by atomic mass is 32.1. The summed E-state index contributed by atoms with van der Waals surface area (Å²) in [6.07, 6.45) is 0. The van der Waals surface area contributed by atoms with Crippen molar-refractivity contribution in [1.29, 1.82) is 0 Å². The highest BCUT2D eigenvalue weighted by Gasteiger charge is 2.22. The van der Waals surface area contributed by atoms with Crippen molar-refractivity contribution in [3.05, 3.63) is 206 Å². The molecule has 14 rings (SSSR count). The molecule has 0 aliphatic heterocycles. The predicted molar refractivity (Wildman–Crippen MR) is 271 cm³/mol. The summed E-state index contributed by atoms with van der Waals surface area (Å²) in [7, 11) is 0. The molecular formula is C59H34N4OS. The van der Waals surface area contributed by atoms with Gasteiger partial charge in [0.1, 0.15) is 11.2 Å². The summed E-state index contributed by atoms with van der Waals surface area (Å²) in [4.78, 5) is 15.7. The van der Waals surface area contributed by atoms with E-state index in [2.05, 4.69) is 162 Å². The number of para-hydroxylation sites is 2. The first-order valence-electron chi connectivity index (χ1n) is 21.8. The summed E-state index contributed by atoms with van der Waals surface area (Å²) in [5, 5.41) is 11.9. The molecule has 5 nitrogen and oxygen atoms in total. The molecule has 0 spiro atoms. The molecule has 0 unspecified atom stereocenters. The van der Waals surface area contributed by atoms with E-state index in [0.717, 1.165) is 66.5 Å². The Morgan fingerprint density at radius 2 is 1.03 bits per heavy atom. The van der Waals surface area contributed by atoms with Gasteiger partial charge in [-0.1, -0.05) is 140 Å². The molecule has 0 saturated heterocycles. The summed E-state index contributed by atoms with van der Waals surface area (Å²) in [6, 6.07) is 73.4. The van der Waals surface area contributed by atoms with Gasteiger partial charge >= 0.3 is 0 Å². The van der Waals surface area contributed by atoms with E-state index in [-0.39, 0.29) is 0 Å². The van der Waals surface area contributed by atoms with E-state index in [1.54, 1.807) is 0 Å². The van der Waals surface area contributed by atoms with Crippen LogP contribution in [0.25, 0.3) is 136 Å². The molecule has 0 aliphatic carbocycles. The van der Waals surface area contributed by atoms with Gasteiger partial charge in [-0.3, -0.25) is 0 Å². The highest BCUT2D eigenvalue weighted by Crippen LogP contribution is 2.46. The van der Waals surface area contributed by atoms with E-state index in [4.69, 9.17) is 19.4 Å². The minimum absolute atomic E-state index is 0.596. The van der Waals surface area contributed by atoms with Gasteiger partial charge < -0.3 is 8.98 Å². The Labute approximate surface area is 376 Å². The molecule has 0 atom stereocenters. The second kappa shape index (κ2) is 14.0. The zero-order chi connectivity index (χ0) is 42.6. The minimum atomic E-state index is 0.596. The van der Waals surface area contributed by atoms with Crippen molar-refractivity contribution < 1.29 is 4.42 Å². The monoisotopic (exact) mass is 846 g/mol. The van der Waals surface area contributed by atoms with Gasteiger partial charge in [-0.25, -0.2) is 15.0 Å². The molecule has 0 bridgehead atoms. The van der Waals surface area contributed by atoms with Gasteiger partial charge in [-0.2, -0.15) is 0 Å². The number of fused-ring (bicyclic) bond motifs is 12. The summed E-state index contributed by atoms with van der Waals surface area (Å²) >= 11 is 1.87. The van der Waals surface area contributed by atoms with Crippen LogP contribution in [0.1, 0.15) is 0 Å². The zero-order valence-corrected chi connectivity index (χ0v) is 35.6. The summed E-state index contributed by atoms with van der Waals surface area (Å²) < 4.78 is 11.2. The van der Waals surface area contributed by atoms with Gasteiger partial charge in [0.05, 0.1) is 16.7 Å². The molecule has 4 aromatic heterocycles. The van der Waals surface area contributed by atoms with Gasteiger partial charge in [0, 0.05) is 64.0 Å². The Morgan fingerprint density at radius 3 is 1.88 bits per heavy atom. The second-order valence-electron chi connectivity index (χ2n) is 16.7. The van der Waals surface area contributed by atoms with Crippen LogP contribution in [0.3, 0.4) is 0 Å². The maximum Gasteiger partial charge on any atom is 0.164 e.